The topological polar surface area (TPSA) is 79.7 Å². The molecule has 1 fully saturated rings. The van der Waals surface area contributed by atoms with Gasteiger partial charge in [-0.1, -0.05) is 39.0 Å². The molecule has 3 aromatic rings. The number of hydrogen-bond donors (Lipinski definition) is 1. The van der Waals surface area contributed by atoms with Crippen molar-refractivity contribution in [2.45, 2.75) is 53.0 Å². The molecular formula is C30H32N2O4. The predicted molar refractivity (Wildman–Crippen MR) is 141 cm³/mol. The number of aryl methyl sites for hydroxylation is 2. The predicted octanol–water partition coefficient (Wildman–Crippen LogP) is 6.02. The number of aliphatic hydroxyl groups excluding tert-OH is 1. The van der Waals surface area contributed by atoms with Gasteiger partial charge in [0, 0.05) is 23.0 Å². The van der Waals surface area contributed by atoms with E-state index in [9.17, 15) is 14.7 Å². The Balaban J connectivity index is 1.96. The van der Waals surface area contributed by atoms with Gasteiger partial charge in [0.2, 0.25) is 0 Å². The number of nitrogens with zero attached hydrogens (tertiary/aromatic N) is 2. The van der Waals surface area contributed by atoms with Gasteiger partial charge >= 0.3 is 0 Å². The van der Waals surface area contributed by atoms with Crippen LogP contribution in [-0.4, -0.2) is 28.4 Å². The highest BCUT2D eigenvalue weighted by atomic mass is 16.5. The van der Waals surface area contributed by atoms with Crippen LogP contribution in [0.25, 0.3) is 5.76 Å². The van der Waals surface area contributed by atoms with Crippen LogP contribution >= 0.6 is 0 Å². The zero-order valence-corrected chi connectivity index (χ0v) is 21.6. The molecule has 0 spiro atoms. The SMILES string of the molecule is CCOc1ccc(/C(O)=C2/C(=O)C(=O)N(c3cc(C)ccc3C)C2c2ccccn2)cc1C(C)(C)C. The molecule has 4 rings (SSSR count). The van der Waals surface area contributed by atoms with Crippen molar-refractivity contribution in [2.75, 3.05) is 11.5 Å². The lowest BCUT2D eigenvalue weighted by molar-refractivity contribution is -0.132. The van der Waals surface area contributed by atoms with Crippen molar-refractivity contribution in [1.82, 2.24) is 4.98 Å². The molecule has 2 heterocycles. The molecule has 0 bridgehead atoms. The van der Waals surface area contributed by atoms with Crippen LogP contribution in [0.4, 0.5) is 5.69 Å². The summed E-state index contributed by atoms with van der Waals surface area (Å²) in [4.78, 5) is 32.8. The highest BCUT2D eigenvalue weighted by Gasteiger charge is 2.48. The van der Waals surface area contributed by atoms with Crippen LogP contribution in [0.1, 0.15) is 61.7 Å². The number of ether oxygens (including phenoxy) is 1. The molecule has 0 radical (unpaired) electrons. The van der Waals surface area contributed by atoms with Gasteiger partial charge in [0.15, 0.2) is 0 Å². The van der Waals surface area contributed by atoms with Crippen LogP contribution in [0, 0.1) is 13.8 Å². The highest BCUT2D eigenvalue weighted by Crippen LogP contribution is 2.43. The van der Waals surface area contributed by atoms with E-state index in [1.165, 1.54) is 4.90 Å². The fourth-order valence-corrected chi connectivity index (χ4v) is 4.58. The van der Waals surface area contributed by atoms with E-state index in [1.54, 1.807) is 36.5 Å². The van der Waals surface area contributed by atoms with E-state index < -0.39 is 17.7 Å². The second-order valence-corrected chi connectivity index (χ2v) is 10.1. The van der Waals surface area contributed by atoms with Crippen molar-refractivity contribution in [3.63, 3.8) is 0 Å². The lowest BCUT2D eigenvalue weighted by Crippen LogP contribution is -2.30. The highest BCUT2D eigenvalue weighted by molar-refractivity contribution is 6.51. The first-order chi connectivity index (χ1) is 17.0. The number of amides is 1. The Morgan fingerprint density at radius 3 is 2.44 bits per heavy atom. The molecule has 1 aromatic heterocycles. The van der Waals surface area contributed by atoms with Gasteiger partial charge < -0.3 is 9.84 Å². The molecule has 1 N–H and O–H groups in total. The Morgan fingerprint density at radius 1 is 1.06 bits per heavy atom. The summed E-state index contributed by atoms with van der Waals surface area (Å²) in [5.74, 6) is -0.942. The standard InChI is InChI=1S/C30H32N2O4/c1-7-36-24-14-13-20(17-21(24)30(4,5)6)27(33)25-26(22-10-8-9-15-31-22)32(29(35)28(25)34)23-16-18(2)11-12-19(23)3/h8-17,26,33H,7H2,1-6H3/b27-25-. The summed E-state index contributed by atoms with van der Waals surface area (Å²) in [5.41, 5.74) is 4.01. The molecule has 1 amide bonds. The second kappa shape index (κ2) is 9.61. The first kappa shape index (κ1) is 25.2. The van der Waals surface area contributed by atoms with Crippen LogP contribution in [0.15, 0.2) is 66.4 Å². The van der Waals surface area contributed by atoms with E-state index in [2.05, 4.69) is 25.8 Å². The number of carbonyl (C=O) groups is 2. The van der Waals surface area contributed by atoms with Crippen molar-refractivity contribution < 1.29 is 19.4 Å². The average Bonchev–Trinajstić information content (AvgIpc) is 3.11. The van der Waals surface area contributed by atoms with Gasteiger partial charge in [-0.15, -0.1) is 0 Å². The quantitative estimate of drug-likeness (QED) is 0.272. The summed E-state index contributed by atoms with van der Waals surface area (Å²) in [5, 5.41) is 11.6. The van der Waals surface area contributed by atoms with Gasteiger partial charge in [-0.25, -0.2) is 0 Å². The molecule has 6 nitrogen and oxygen atoms in total. The number of rotatable bonds is 5. The average molecular weight is 485 g/mol. The van der Waals surface area contributed by atoms with Crippen LogP contribution in [0.2, 0.25) is 0 Å². The maximum atomic E-state index is 13.5. The van der Waals surface area contributed by atoms with Crippen molar-refractivity contribution in [1.29, 1.82) is 0 Å². The van der Waals surface area contributed by atoms with Gasteiger partial charge in [-0.05, 0) is 73.7 Å². The zero-order valence-electron chi connectivity index (χ0n) is 21.6. The summed E-state index contributed by atoms with van der Waals surface area (Å²) in [7, 11) is 0. The molecule has 186 valence electrons. The van der Waals surface area contributed by atoms with Crippen molar-refractivity contribution in [3.05, 3.63) is 94.3 Å². The van der Waals surface area contributed by atoms with Gasteiger partial charge in [-0.3, -0.25) is 19.5 Å². The van der Waals surface area contributed by atoms with Crippen LogP contribution in [0.3, 0.4) is 0 Å². The molecule has 0 saturated carbocycles. The lowest BCUT2D eigenvalue weighted by Gasteiger charge is -2.26. The zero-order chi connectivity index (χ0) is 26.2. The first-order valence-corrected chi connectivity index (χ1v) is 12.1. The monoisotopic (exact) mass is 484 g/mol. The van der Waals surface area contributed by atoms with Crippen LogP contribution in [0.5, 0.6) is 5.75 Å². The minimum atomic E-state index is -0.864. The molecule has 0 aliphatic carbocycles. The third kappa shape index (κ3) is 4.51. The summed E-state index contributed by atoms with van der Waals surface area (Å²) in [6, 6.07) is 15.6. The fourth-order valence-electron chi connectivity index (χ4n) is 4.58. The third-order valence-corrected chi connectivity index (χ3v) is 6.40. The molecule has 1 unspecified atom stereocenters. The smallest absolute Gasteiger partial charge is 0.300 e. The Labute approximate surface area is 212 Å². The number of aliphatic hydroxyl groups is 1. The molecule has 1 saturated heterocycles. The minimum Gasteiger partial charge on any atom is -0.507 e. The van der Waals surface area contributed by atoms with E-state index >= 15 is 0 Å². The van der Waals surface area contributed by atoms with E-state index in [-0.39, 0.29) is 16.7 Å². The first-order valence-electron chi connectivity index (χ1n) is 12.1. The number of carbonyl (C=O) groups excluding carboxylic acids is 2. The normalized spacial score (nSPS) is 17.5. The molecular weight excluding hydrogens is 452 g/mol. The van der Waals surface area contributed by atoms with Crippen molar-refractivity contribution in [2.24, 2.45) is 0 Å². The van der Waals surface area contributed by atoms with Gasteiger partial charge in [-0.2, -0.15) is 0 Å². The molecule has 1 aliphatic heterocycles. The number of aromatic nitrogens is 1. The number of Topliss-reactive ketones (excluding diaryl/α,β-unsaturated/α-hetero) is 1. The lowest BCUT2D eigenvalue weighted by atomic mass is 9.84. The number of benzene rings is 2. The van der Waals surface area contributed by atoms with Gasteiger partial charge in [0.25, 0.3) is 11.7 Å². The largest absolute Gasteiger partial charge is 0.507 e. The number of ketones is 1. The maximum Gasteiger partial charge on any atom is 0.300 e. The number of hydrogen-bond acceptors (Lipinski definition) is 5. The van der Waals surface area contributed by atoms with Crippen molar-refractivity contribution >= 4 is 23.1 Å². The maximum absolute atomic E-state index is 13.5. The molecule has 1 aliphatic rings. The Morgan fingerprint density at radius 2 is 1.81 bits per heavy atom. The summed E-state index contributed by atoms with van der Waals surface area (Å²) in [6.07, 6.45) is 1.62. The van der Waals surface area contributed by atoms with E-state index in [0.717, 1.165) is 22.4 Å². The second-order valence-electron chi connectivity index (χ2n) is 10.1. The van der Waals surface area contributed by atoms with E-state index in [0.29, 0.717) is 23.6 Å². The van der Waals surface area contributed by atoms with E-state index in [1.807, 2.05) is 45.0 Å². The van der Waals surface area contributed by atoms with Crippen LogP contribution in [-0.2, 0) is 15.0 Å². The van der Waals surface area contributed by atoms with Crippen molar-refractivity contribution in [3.8, 4) is 5.75 Å². The molecule has 1 atom stereocenters. The Kier molecular flexibility index (Phi) is 6.72. The summed E-state index contributed by atoms with van der Waals surface area (Å²) >= 11 is 0. The molecule has 2 aromatic carbocycles. The summed E-state index contributed by atoms with van der Waals surface area (Å²) in [6.45, 7) is 12.4. The molecule has 36 heavy (non-hydrogen) atoms. The van der Waals surface area contributed by atoms with Crippen LogP contribution < -0.4 is 9.64 Å². The third-order valence-electron chi connectivity index (χ3n) is 6.40. The molecule has 6 heteroatoms. The number of anilines is 1. The van der Waals surface area contributed by atoms with E-state index in [4.69, 9.17) is 4.74 Å². The minimum absolute atomic E-state index is 0.0172. The Bertz CT molecular complexity index is 1350. The van der Waals surface area contributed by atoms with Gasteiger partial charge in [0.1, 0.15) is 17.6 Å². The Hall–Kier alpha value is -3.93. The fraction of sp³-hybridized carbons (Fsp3) is 0.300. The number of pyridine rings is 1. The van der Waals surface area contributed by atoms with Gasteiger partial charge in [0.05, 0.1) is 17.9 Å². The summed E-state index contributed by atoms with van der Waals surface area (Å²) < 4.78 is 5.81.